The van der Waals surface area contributed by atoms with Gasteiger partial charge in [0.2, 0.25) is 17.4 Å². The van der Waals surface area contributed by atoms with Gasteiger partial charge in [0, 0.05) is 18.5 Å². The van der Waals surface area contributed by atoms with Crippen molar-refractivity contribution in [3.05, 3.63) is 17.7 Å². The predicted octanol–water partition coefficient (Wildman–Crippen LogP) is 3.15. The van der Waals surface area contributed by atoms with Crippen LogP contribution >= 0.6 is 0 Å². The van der Waals surface area contributed by atoms with Gasteiger partial charge in [-0.25, -0.2) is 0 Å². The second-order valence-corrected chi connectivity index (χ2v) is 9.00. The summed E-state index contributed by atoms with van der Waals surface area (Å²) < 4.78 is 16.1. The van der Waals surface area contributed by atoms with Crippen LogP contribution in [-0.2, 0) is 20.8 Å². The van der Waals surface area contributed by atoms with Crippen LogP contribution in [0.5, 0.6) is 17.2 Å². The van der Waals surface area contributed by atoms with Gasteiger partial charge in [-0.05, 0) is 56.2 Å². The van der Waals surface area contributed by atoms with Gasteiger partial charge in [-0.15, -0.1) is 0 Å². The highest BCUT2D eigenvalue weighted by Crippen LogP contribution is 2.38. The number of aryl methyl sites for hydroxylation is 1. The Labute approximate surface area is 196 Å². The van der Waals surface area contributed by atoms with E-state index in [9.17, 15) is 14.4 Å². The molecule has 0 saturated carbocycles. The highest BCUT2D eigenvalue weighted by Gasteiger charge is 2.39. The first-order chi connectivity index (χ1) is 15.7. The average Bonchev–Trinajstić information content (AvgIpc) is 2.84. The number of hydrogen-bond donors (Lipinski definition) is 1. The minimum Gasteiger partial charge on any atom is -0.493 e. The van der Waals surface area contributed by atoms with Crippen molar-refractivity contribution in [3.63, 3.8) is 0 Å². The van der Waals surface area contributed by atoms with E-state index in [2.05, 4.69) is 5.32 Å². The van der Waals surface area contributed by atoms with E-state index in [-0.39, 0.29) is 5.91 Å². The van der Waals surface area contributed by atoms with Crippen molar-refractivity contribution in [1.29, 1.82) is 0 Å². The second kappa shape index (κ2) is 11.9. The van der Waals surface area contributed by atoms with E-state index in [1.165, 1.54) is 4.90 Å². The number of piperidine rings is 1. The van der Waals surface area contributed by atoms with Crippen LogP contribution < -0.4 is 19.5 Å². The molecule has 0 radical (unpaired) electrons. The maximum Gasteiger partial charge on any atom is 0.291 e. The monoisotopic (exact) mass is 462 g/mol. The molecule has 1 fully saturated rings. The van der Waals surface area contributed by atoms with Crippen LogP contribution in [0.4, 0.5) is 0 Å². The fourth-order valence-corrected chi connectivity index (χ4v) is 3.93. The summed E-state index contributed by atoms with van der Waals surface area (Å²) in [5.41, 5.74) is 0.274. The van der Waals surface area contributed by atoms with E-state index in [1.807, 2.05) is 19.1 Å². The Morgan fingerprint density at radius 2 is 1.70 bits per heavy atom. The van der Waals surface area contributed by atoms with Crippen LogP contribution in [0.2, 0.25) is 0 Å². The quantitative estimate of drug-likeness (QED) is 0.401. The van der Waals surface area contributed by atoms with Crippen LogP contribution in [0.3, 0.4) is 0 Å². The summed E-state index contributed by atoms with van der Waals surface area (Å²) in [7, 11) is 4.71. The Morgan fingerprint density at radius 1 is 1.06 bits per heavy atom. The van der Waals surface area contributed by atoms with Crippen molar-refractivity contribution in [2.24, 2.45) is 5.41 Å². The largest absolute Gasteiger partial charge is 0.493 e. The van der Waals surface area contributed by atoms with Gasteiger partial charge >= 0.3 is 0 Å². The molecule has 184 valence electrons. The van der Waals surface area contributed by atoms with Crippen LogP contribution in [0.15, 0.2) is 12.1 Å². The number of hydrogen-bond acceptors (Lipinski definition) is 6. The summed E-state index contributed by atoms with van der Waals surface area (Å²) in [6, 6.07) is 3.20. The molecule has 0 aliphatic carbocycles. The molecule has 2 rings (SSSR count). The fourth-order valence-electron chi connectivity index (χ4n) is 3.93. The number of carbonyl (C=O) groups is 3. The van der Waals surface area contributed by atoms with Crippen molar-refractivity contribution in [3.8, 4) is 17.2 Å². The number of nitrogens with zero attached hydrogens (tertiary/aromatic N) is 1. The predicted molar refractivity (Wildman–Crippen MR) is 126 cm³/mol. The van der Waals surface area contributed by atoms with E-state index in [1.54, 1.807) is 35.2 Å². The van der Waals surface area contributed by atoms with Crippen molar-refractivity contribution < 1.29 is 28.6 Å². The maximum absolute atomic E-state index is 12.9. The van der Waals surface area contributed by atoms with Gasteiger partial charge in [-0.1, -0.05) is 20.8 Å². The SMILES string of the molecule is CCC(C)(C)C(=O)C(=O)N1CCCC[C@H]1C(=O)NCCCc1cc(OC)c(OC)c(OC)c1. The molecule has 8 heteroatoms. The van der Waals surface area contributed by atoms with Gasteiger partial charge in [-0.3, -0.25) is 14.4 Å². The van der Waals surface area contributed by atoms with Gasteiger partial charge in [0.25, 0.3) is 5.91 Å². The van der Waals surface area contributed by atoms with Gasteiger partial charge in [-0.2, -0.15) is 0 Å². The average molecular weight is 463 g/mol. The zero-order valence-corrected chi connectivity index (χ0v) is 20.8. The minimum atomic E-state index is -0.726. The number of ether oxygens (including phenoxy) is 3. The summed E-state index contributed by atoms with van der Waals surface area (Å²) in [6.07, 6.45) is 4.21. The van der Waals surface area contributed by atoms with E-state index >= 15 is 0 Å². The van der Waals surface area contributed by atoms with Crippen LogP contribution in [0.25, 0.3) is 0 Å². The zero-order chi connectivity index (χ0) is 24.6. The first-order valence-corrected chi connectivity index (χ1v) is 11.6. The topological polar surface area (TPSA) is 94.2 Å². The molecular weight excluding hydrogens is 424 g/mol. The van der Waals surface area contributed by atoms with E-state index in [0.29, 0.717) is 56.0 Å². The highest BCUT2D eigenvalue weighted by molar-refractivity contribution is 6.38. The van der Waals surface area contributed by atoms with Crippen molar-refractivity contribution >= 4 is 17.6 Å². The molecular formula is C25H38N2O6. The number of Topliss-reactive ketones (excluding diaryl/α,β-unsaturated/α-hetero) is 1. The number of methoxy groups -OCH3 is 3. The molecule has 2 amide bonds. The van der Waals surface area contributed by atoms with Crippen molar-refractivity contribution in [2.45, 2.75) is 65.3 Å². The molecule has 1 aromatic rings. The highest BCUT2D eigenvalue weighted by atomic mass is 16.5. The smallest absolute Gasteiger partial charge is 0.291 e. The molecule has 1 N–H and O–H groups in total. The molecule has 1 aliphatic heterocycles. The lowest BCUT2D eigenvalue weighted by Crippen LogP contribution is -2.55. The number of ketones is 1. The molecule has 0 aromatic heterocycles. The molecule has 33 heavy (non-hydrogen) atoms. The Morgan fingerprint density at radius 3 is 2.24 bits per heavy atom. The summed E-state index contributed by atoms with van der Waals surface area (Å²) in [5.74, 6) is 0.556. The summed E-state index contributed by atoms with van der Waals surface area (Å²) in [6.45, 7) is 6.33. The molecule has 1 heterocycles. The van der Waals surface area contributed by atoms with Gasteiger partial charge in [0.15, 0.2) is 11.5 Å². The third kappa shape index (κ3) is 6.39. The summed E-state index contributed by atoms with van der Waals surface area (Å²) in [5, 5.41) is 2.95. The van der Waals surface area contributed by atoms with Crippen LogP contribution in [0, 0.1) is 5.41 Å². The first-order valence-electron chi connectivity index (χ1n) is 11.6. The van der Waals surface area contributed by atoms with Crippen LogP contribution in [0.1, 0.15) is 58.4 Å². The molecule has 1 aliphatic rings. The Kier molecular flexibility index (Phi) is 9.56. The van der Waals surface area contributed by atoms with E-state index in [0.717, 1.165) is 18.4 Å². The van der Waals surface area contributed by atoms with E-state index < -0.39 is 23.1 Å². The van der Waals surface area contributed by atoms with Gasteiger partial charge < -0.3 is 24.4 Å². The Balaban J connectivity index is 1.97. The maximum atomic E-state index is 12.9. The first kappa shape index (κ1) is 26.5. The lowest BCUT2D eigenvalue weighted by molar-refractivity contribution is -0.153. The lowest BCUT2D eigenvalue weighted by atomic mass is 9.84. The Hall–Kier alpha value is -2.77. The number of likely N-dealkylation sites (tertiary alicyclic amines) is 1. The third-order valence-corrected chi connectivity index (χ3v) is 6.43. The summed E-state index contributed by atoms with van der Waals surface area (Å²) >= 11 is 0. The second-order valence-electron chi connectivity index (χ2n) is 9.00. The fraction of sp³-hybridized carbons (Fsp3) is 0.640. The standard InChI is InChI=1S/C25H38N2O6/c1-7-25(2,3)22(28)24(30)27-14-9-8-12-18(27)23(29)26-13-10-11-17-15-19(31-4)21(33-6)20(16-17)32-5/h15-16,18H,7-14H2,1-6H3,(H,26,29)/t18-/m0/s1. The van der Waals surface area contributed by atoms with Gasteiger partial charge in [0.1, 0.15) is 6.04 Å². The number of nitrogens with one attached hydrogen (secondary N) is 1. The molecule has 1 saturated heterocycles. The molecule has 0 bridgehead atoms. The third-order valence-electron chi connectivity index (χ3n) is 6.43. The molecule has 1 aromatic carbocycles. The lowest BCUT2D eigenvalue weighted by Gasteiger charge is -2.36. The summed E-state index contributed by atoms with van der Waals surface area (Å²) in [4.78, 5) is 39.9. The number of benzene rings is 1. The Bertz CT molecular complexity index is 826. The number of amides is 2. The van der Waals surface area contributed by atoms with Crippen molar-refractivity contribution in [1.82, 2.24) is 10.2 Å². The zero-order valence-electron chi connectivity index (χ0n) is 20.8. The molecule has 0 spiro atoms. The molecule has 8 nitrogen and oxygen atoms in total. The number of carbonyl (C=O) groups excluding carboxylic acids is 3. The molecule has 1 atom stereocenters. The normalized spacial score (nSPS) is 16.2. The van der Waals surface area contributed by atoms with E-state index in [4.69, 9.17) is 14.2 Å². The minimum absolute atomic E-state index is 0.199. The number of rotatable bonds is 11. The van der Waals surface area contributed by atoms with Gasteiger partial charge in [0.05, 0.1) is 21.3 Å². The van der Waals surface area contributed by atoms with Crippen LogP contribution in [-0.4, -0.2) is 63.0 Å². The molecule has 0 unspecified atom stereocenters. The van der Waals surface area contributed by atoms with Crippen molar-refractivity contribution in [2.75, 3.05) is 34.4 Å².